The predicted octanol–water partition coefficient (Wildman–Crippen LogP) is 4.10. The van der Waals surface area contributed by atoms with Crippen molar-refractivity contribution in [2.45, 2.75) is 108 Å². The maximum atomic E-state index is 12.5. The summed E-state index contributed by atoms with van der Waals surface area (Å²) in [5.74, 6) is 0. The van der Waals surface area contributed by atoms with Crippen LogP contribution in [0.3, 0.4) is 0 Å². The molecule has 9 heteroatoms. The lowest BCUT2D eigenvalue weighted by Gasteiger charge is -2.43. The molecule has 1 aromatic heterocycles. The van der Waals surface area contributed by atoms with Crippen LogP contribution < -0.4 is 11.2 Å². The van der Waals surface area contributed by atoms with Gasteiger partial charge in [0.1, 0.15) is 6.23 Å². The van der Waals surface area contributed by atoms with Gasteiger partial charge in [0.05, 0.1) is 25.5 Å². The van der Waals surface area contributed by atoms with Gasteiger partial charge in [0.25, 0.3) is 5.56 Å². The van der Waals surface area contributed by atoms with Gasteiger partial charge in [-0.15, -0.1) is 6.58 Å². The predicted molar refractivity (Wildman–Crippen MR) is 134 cm³/mol. The van der Waals surface area contributed by atoms with E-state index >= 15 is 0 Å². The molecule has 1 saturated heterocycles. The fourth-order valence-corrected chi connectivity index (χ4v) is 6.73. The van der Waals surface area contributed by atoms with E-state index in [1.54, 1.807) is 19.2 Å². The Balaban J connectivity index is 2.45. The Bertz CT molecular complexity index is 941. The second-order valence-corrected chi connectivity index (χ2v) is 21.9. The molecular weight excluding hydrogens is 440 g/mol. The molecule has 0 amide bonds. The zero-order valence-corrected chi connectivity index (χ0v) is 23.2. The molecule has 0 aromatic carbocycles. The molecule has 1 aliphatic heterocycles. The largest absolute Gasteiger partial charge is 0.411 e. The van der Waals surface area contributed by atoms with Crippen molar-refractivity contribution in [2.24, 2.45) is 0 Å². The minimum atomic E-state index is -2.13. The van der Waals surface area contributed by atoms with Crippen molar-refractivity contribution >= 4 is 16.4 Å². The van der Waals surface area contributed by atoms with E-state index in [2.05, 4.69) is 65.1 Å². The van der Waals surface area contributed by atoms with Gasteiger partial charge in [0, 0.05) is 24.6 Å². The maximum absolute atomic E-state index is 12.5. The third-order valence-corrected chi connectivity index (χ3v) is 15.0. The second-order valence-electron chi connectivity index (χ2n) is 11.7. The Morgan fingerprint density at radius 3 is 2.38 bits per heavy atom. The Hall–Kier alpha value is -1.27. The number of nitrogens with zero attached hydrogens (tertiary/aromatic N) is 1. The highest BCUT2D eigenvalue weighted by Gasteiger charge is 2.50. The molecule has 2 rings (SSSR count). The summed E-state index contributed by atoms with van der Waals surface area (Å²) in [6.45, 7) is 22.9. The number of ether oxygens (including phenoxy) is 1. The number of H-pyrrole nitrogens is 1. The molecular formula is C23H42N2O5Si2. The van der Waals surface area contributed by atoms with Crippen molar-refractivity contribution in [2.75, 3.05) is 0 Å². The molecule has 7 nitrogen and oxygen atoms in total. The molecule has 1 aromatic rings. The third-order valence-electron chi connectivity index (χ3n) is 7.31. The Kier molecular flexibility index (Phi) is 7.73. The minimum Gasteiger partial charge on any atom is -0.411 e. The monoisotopic (exact) mass is 482 g/mol. The van der Waals surface area contributed by atoms with Crippen molar-refractivity contribution in [3.05, 3.63) is 45.3 Å². The van der Waals surface area contributed by atoms with Crippen LogP contribution in [-0.4, -0.2) is 48.5 Å². The quantitative estimate of drug-likeness (QED) is 0.430. The highest BCUT2D eigenvalue weighted by Crippen LogP contribution is 2.43. The van der Waals surface area contributed by atoms with Gasteiger partial charge < -0.3 is 14.3 Å². The molecule has 0 bridgehead atoms. The van der Waals surface area contributed by atoms with Crippen molar-refractivity contribution in [3.63, 3.8) is 0 Å². The number of nitrogens with one attached hydrogen (secondary N) is 1. The zero-order valence-electron chi connectivity index (χ0n) is 21.2. The molecule has 4 atom stereocenters. The van der Waals surface area contributed by atoms with Gasteiger partial charge in [-0.05, 0) is 31.5 Å². The third kappa shape index (κ3) is 5.62. The van der Waals surface area contributed by atoms with E-state index in [1.165, 1.54) is 4.57 Å². The van der Waals surface area contributed by atoms with Crippen LogP contribution in [0.5, 0.6) is 0 Å². The van der Waals surface area contributed by atoms with Gasteiger partial charge in [-0.25, -0.2) is 4.79 Å². The highest BCUT2D eigenvalue weighted by atomic mass is 28.4. The van der Waals surface area contributed by atoms with Crippen LogP contribution in [0.2, 0.25) is 37.8 Å². The molecule has 32 heavy (non-hydrogen) atoms. The molecule has 1 aliphatic rings. The number of aliphatic hydroxyl groups is 1. The first kappa shape index (κ1) is 27.0. The lowest BCUT2D eigenvalue weighted by Crippen LogP contribution is -2.55. The lowest BCUT2D eigenvalue weighted by atomic mass is 10.0. The van der Waals surface area contributed by atoms with Crippen molar-refractivity contribution in [3.8, 4) is 0 Å². The lowest BCUT2D eigenvalue weighted by molar-refractivity contribution is -0.0513. The van der Waals surface area contributed by atoms with Crippen LogP contribution >= 0.6 is 0 Å². The number of hydrogen-bond acceptors (Lipinski definition) is 5. The molecule has 1 unspecified atom stereocenters. The van der Waals surface area contributed by atoms with Gasteiger partial charge in [0.15, 0.2) is 8.32 Å². The van der Waals surface area contributed by atoms with Crippen LogP contribution in [0.15, 0.2) is 28.4 Å². The number of hydrogen-bond donors (Lipinski definition) is 2. The second kappa shape index (κ2) is 9.17. The summed E-state index contributed by atoms with van der Waals surface area (Å²) < 4.78 is 14.6. The van der Waals surface area contributed by atoms with Crippen molar-refractivity contribution in [1.82, 2.24) is 9.55 Å². The summed E-state index contributed by atoms with van der Waals surface area (Å²) in [6.07, 6.45) is 3.51. The fraction of sp³-hybridized carbons (Fsp3) is 0.739. The van der Waals surface area contributed by atoms with Crippen LogP contribution in [0.25, 0.3) is 0 Å². The molecule has 2 heterocycles. The maximum Gasteiger partial charge on any atom is 0.330 e. The Morgan fingerprint density at radius 2 is 1.88 bits per heavy atom. The molecule has 1 fully saturated rings. The highest BCUT2D eigenvalue weighted by molar-refractivity contribution is 6.79. The van der Waals surface area contributed by atoms with Gasteiger partial charge in [0.2, 0.25) is 0 Å². The minimum absolute atomic E-state index is 0.0112. The Morgan fingerprint density at radius 1 is 1.28 bits per heavy atom. The molecule has 2 N–H and O–H groups in total. The average Bonchev–Trinajstić information content (AvgIpc) is 2.97. The van der Waals surface area contributed by atoms with Crippen LogP contribution in [0.1, 0.15) is 51.8 Å². The van der Waals surface area contributed by atoms with Crippen LogP contribution in [-0.2, 0) is 9.16 Å². The molecule has 0 radical (unpaired) electrons. The molecule has 0 spiro atoms. The van der Waals surface area contributed by atoms with Gasteiger partial charge in [-0.3, -0.25) is 14.3 Å². The fourth-order valence-electron chi connectivity index (χ4n) is 3.80. The van der Waals surface area contributed by atoms with Gasteiger partial charge in [-0.1, -0.05) is 46.5 Å². The topological polar surface area (TPSA) is 93.5 Å². The summed E-state index contributed by atoms with van der Waals surface area (Å²) in [5.41, 5.74) is -0.443. The van der Waals surface area contributed by atoms with Gasteiger partial charge in [-0.2, -0.15) is 0 Å². The summed E-state index contributed by atoms with van der Waals surface area (Å²) in [4.78, 5) is 26.7. The zero-order chi connectivity index (χ0) is 24.7. The summed E-state index contributed by atoms with van der Waals surface area (Å²) in [5, 5.41) is 10.7. The van der Waals surface area contributed by atoms with Crippen LogP contribution in [0.4, 0.5) is 0 Å². The first-order valence-corrected chi connectivity index (χ1v) is 17.8. The normalized spacial score (nSPS) is 24.4. The van der Waals surface area contributed by atoms with Crippen molar-refractivity contribution < 1.29 is 14.3 Å². The summed E-state index contributed by atoms with van der Waals surface area (Å²) >= 11 is 0. The van der Waals surface area contributed by atoms with E-state index in [4.69, 9.17) is 9.16 Å². The average molecular weight is 483 g/mol. The summed E-state index contributed by atoms with van der Waals surface area (Å²) in [7, 11) is -4.14. The SMILES string of the molecule is C=CCC(O)(C[C@H]1O[C@@H](n2cc(C)c(=O)[nH]c2=O)C[C@H]1O[Si](C)(C)C(C)(C)C)[Si](C)(C)C. The van der Waals surface area contributed by atoms with E-state index < -0.39 is 39.1 Å². The van der Waals surface area contributed by atoms with E-state index in [0.29, 0.717) is 24.8 Å². The summed E-state index contributed by atoms with van der Waals surface area (Å²) in [6, 6.07) is 0. The molecule has 0 saturated carbocycles. The smallest absolute Gasteiger partial charge is 0.330 e. The van der Waals surface area contributed by atoms with E-state index in [9.17, 15) is 14.7 Å². The number of aryl methyl sites for hydroxylation is 1. The van der Waals surface area contributed by atoms with Crippen LogP contribution in [0, 0.1) is 6.92 Å². The van der Waals surface area contributed by atoms with Gasteiger partial charge >= 0.3 is 5.69 Å². The number of aromatic nitrogens is 2. The van der Waals surface area contributed by atoms with E-state index in [0.717, 1.165) is 0 Å². The van der Waals surface area contributed by atoms with E-state index in [-0.39, 0.29) is 17.2 Å². The Labute approximate surface area is 194 Å². The van der Waals surface area contributed by atoms with Crippen molar-refractivity contribution in [1.29, 1.82) is 0 Å². The molecule has 182 valence electrons. The number of aromatic amines is 1. The first-order valence-electron chi connectivity index (χ1n) is 11.4. The molecule has 0 aliphatic carbocycles. The standard InChI is InChI=1S/C23H42N2O5Si2/c1-11-12-23(28,31(6,7)8)14-18-17(30-32(9,10)22(3,4)5)13-19(29-18)25-15-16(2)20(26)24-21(25)27/h11,15,17-19,28H,1,12-14H2,2-10H3,(H,24,26,27)/t17-,18-,19-,23?/m1/s1. The van der Waals surface area contributed by atoms with E-state index in [1.807, 2.05) is 0 Å². The first-order chi connectivity index (χ1) is 14.4. The number of rotatable bonds is 8.